The Morgan fingerprint density at radius 3 is 2.80 bits per heavy atom. The Balaban J connectivity index is 2.91. The summed E-state index contributed by atoms with van der Waals surface area (Å²) >= 11 is 0. The summed E-state index contributed by atoms with van der Waals surface area (Å²) in [5.74, 6) is -0.394. The zero-order valence-corrected chi connectivity index (χ0v) is 8.64. The van der Waals surface area contributed by atoms with E-state index in [4.69, 9.17) is 5.73 Å². The lowest BCUT2D eigenvalue weighted by Crippen LogP contribution is -2.23. The zero-order chi connectivity index (χ0) is 11.3. The van der Waals surface area contributed by atoms with Crippen LogP contribution < -0.4 is 5.73 Å². The second-order valence-electron chi connectivity index (χ2n) is 3.24. The standard InChI is InChI=1S/C11H15NO3/c1-15-11(14)10-5-3-2-4-8(10)6-9(13)7-12/h2-5,9,13H,6-7,12H2,1H3. The van der Waals surface area contributed by atoms with Gasteiger partial charge in [0.25, 0.3) is 0 Å². The first-order valence-electron chi connectivity index (χ1n) is 4.73. The number of hydrogen-bond donors (Lipinski definition) is 2. The molecule has 3 N–H and O–H groups in total. The lowest BCUT2D eigenvalue weighted by Gasteiger charge is -2.10. The van der Waals surface area contributed by atoms with E-state index in [2.05, 4.69) is 4.74 Å². The van der Waals surface area contributed by atoms with E-state index in [9.17, 15) is 9.90 Å². The molecule has 0 bridgehead atoms. The van der Waals surface area contributed by atoms with Gasteiger partial charge in [0.1, 0.15) is 0 Å². The smallest absolute Gasteiger partial charge is 0.338 e. The molecule has 0 radical (unpaired) electrons. The van der Waals surface area contributed by atoms with Crippen LogP contribution in [0, 0.1) is 0 Å². The summed E-state index contributed by atoms with van der Waals surface area (Å²) in [5, 5.41) is 9.41. The molecule has 0 saturated heterocycles. The number of carbonyl (C=O) groups excluding carboxylic acids is 1. The third-order valence-corrected chi connectivity index (χ3v) is 2.15. The largest absolute Gasteiger partial charge is 0.465 e. The van der Waals surface area contributed by atoms with Crippen LogP contribution in [0.1, 0.15) is 15.9 Å². The highest BCUT2D eigenvalue weighted by Gasteiger charge is 2.13. The number of hydrogen-bond acceptors (Lipinski definition) is 4. The molecule has 0 aliphatic heterocycles. The van der Waals surface area contributed by atoms with Crippen LogP contribution in [-0.4, -0.2) is 30.8 Å². The maximum absolute atomic E-state index is 11.4. The average Bonchev–Trinajstić information content (AvgIpc) is 2.28. The molecule has 0 saturated carbocycles. The van der Waals surface area contributed by atoms with Gasteiger partial charge in [-0.2, -0.15) is 0 Å². The first kappa shape index (κ1) is 11.7. The number of methoxy groups -OCH3 is 1. The van der Waals surface area contributed by atoms with Gasteiger partial charge in [-0.3, -0.25) is 0 Å². The fraction of sp³-hybridized carbons (Fsp3) is 0.364. The third-order valence-electron chi connectivity index (χ3n) is 2.15. The molecule has 1 atom stereocenters. The van der Waals surface area contributed by atoms with Crippen molar-refractivity contribution in [3.63, 3.8) is 0 Å². The molecular formula is C11H15NO3. The molecule has 4 heteroatoms. The molecule has 4 nitrogen and oxygen atoms in total. The minimum atomic E-state index is -0.629. The highest BCUT2D eigenvalue weighted by atomic mass is 16.5. The highest BCUT2D eigenvalue weighted by Crippen LogP contribution is 2.12. The summed E-state index contributed by atoms with van der Waals surface area (Å²) in [6, 6.07) is 7.02. The fourth-order valence-corrected chi connectivity index (χ4v) is 1.34. The van der Waals surface area contributed by atoms with E-state index in [0.29, 0.717) is 12.0 Å². The van der Waals surface area contributed by atoms with Crippen LogP contribution >= 0.6 is 0 Å². The van der Waals surface area contributed by atoms with Crippen LogP contribution in [0.3, 0.4) is 0 Å². The fourth-order valence-electron chi connectivity index (χ4n) is 1.34. The number of benzene rings is 1. The first-order chi connectivity index (χ1) is 7.19. The summed E-state index contributed by atoms with van der Waals surface area (Å²) in [4.78, 5) is 11.4. The summed E-state index contributed by atoms with van der Waals surface area (Å²) in [5.41, 5.74) is 6.54. The zero-order valence-electron chi connectivity index (χ0n) is 8.64. The number of aliphatic hydroxyl groups excluding tert-OH is 1. The Labute approximate surface area is 88.7 Å². The minimum absolute atomic E-state index is 0.176. The second kappa shape index (κ2) is 5.48. The molecule has 0 heterocycles. The van der Waals surface area contributed by atoms with Crippen molar-refractivity contribution in [2.45, 2.75) is 12.5 Å². The molecule has 0 fully saturated rings. The molecule has 15 heavy (non-hydrogen) atoms. The molecule has 1 rings (SSSR count). The maximum atomic E-state index is 11.4. The van der Waals surface area contributed by atoms with E-state index in [0.717, 1.165) is 5.56 Å². The Morgan fingerprint density at radius 2 is 2.20 bits per heavy atom. The van der Waals surface area contributed by atoms with Gasteiger partial charge in [-0.05, 0) is 11.6 Å². The van der Waals surface area contributed by atoms with Gasteiger partial charge in [-0.1, -0.05) is 18.2 Å². The van der Waals surface area contributed by atoms with Crippen molar-refractivity contribution in [3.8, 4) is 0 Å². The predicted octanol–water partition coefficient (Wildman–Crippen LogP) is 0.335. The van der Waals surface area contributed by atoms with Crippen molar-refractivity contribution in [3.05, 3.63) is 35.4 Å². The number of ether oxygens (including phenoxy) is 1. The Hall–Kier alpha value is -1.39. The van der Waals surface area contributed by atoms with Crippen LogP contribution in [-0.2, 0) is 11.2 Å². The average molecular weight is 209 g/mol. The number of aliphatic hydroxyl groups is 1. The number of esters is 1. The molecule has 82 valence electrons. The van der Waals surface area contributed by atoms with Crippen molar-refractivity contribution in [1.29, 1.82) is 0 Å². The lowest BCUT2D eigenvalue weighted by molar-refractivity contribution is 0.0598. The van der Waals surface area contributed by atoms with Gasteiger partial charge in [0.05, 0.1) is 18.8 Å². The number of rotatable bonds is 4. The predicted molar refractivity (Wildman–Crippen MR) is 56.5 cm³/mol. The maximum Gasteiger partial charge on any atom is 0.338 e. The number of carbonyl (C=O) groups is 1. The number of nitrogens with two attached hydrogens (primary N) is 1. The van der Waals surface area contributed by atoms with Gasteiger partial charge >= 0.3 is 5.97 Å². The van der Waals surface area contributed by atoms with Crippen LogP contribution in [0.2, 0.25) is 0 Å². The van der Waals surface area contributed by atoms with E-state index in [-0.39, 0.29) is 6.54 Å². The van der Waals surface area contributed by atoms with Gasteiger partial charge in [0.2, 0.25) is 0 Å². The summed E-state index contributed by atoms with van der Waals surface area (Å²) in [6.45, 7) is 0.176. The van der Waals surface area contributed by atoms with Crippen molar-refractivity contribution in [2.75, 3.05) is 13.7 Å². The van der Waals surface area contributed by atoms with Crippen molar-refractivity contribution in [2.24, 2.45) is 5.73 Å². The Bertz CT molecular complexity index is 338. The van der Waals surface area contributed by atoms with Crippen molar-refractivity contribution < 1.29 is 14.6 Å². The summed E-state index contributed by atoms with van der Waals surface area (Å²) in [7, 11) is 1.33. The third kappa shape index (κ3) is 3.04. The van der Waals surface area contributed by atoms with E-state index < -0.39 is 12.1 Å². The van der Waals surface area contributed by atoms with E-state index in [1.165, 1.54) is 7.11 Å². The van der Waals surface area contributed by atoms with E-state index in [1.807, 2.05) is 6.07 Å². The molecule has 0 amide bonds. The van der Waals surface area contributed by atoms with E-state index in [1.54, 1.807) is 18.2 Å². The van der Waals surface area contributed by atoms with Crippen LogP contribution in [0.5, 0.6) is 0 Å². The van der Waals surface area contributed by atoms with Crippen LogP contribution in [0.4, 0.5) is 0 Å². The van der Waals surface area contributed by atoms with Gasteiger partial charge in [0, 0.05) is 13.0 Å². The SMILES string of the molecule is COC(=O)c1ccccc1CC(O)CN. The van der Waals surface area contributed by atoms with Crippen molar-refractivity contribution >= 4 is 5.97 Å². The molecule has 0 aliphatic carbocycles. The van der Waals surface area contributed by atoms with Gasteiger partial charge in [-0.15, -0.1) is 0 Å². The van der Waals surface area contributed by atoms with Crippen LogP contribution in [0.25, 0.3) is 0 Å². The highest BCUT2D eigenvalue weighted by molar-refractivity contribution is 5.90. The molecule has 0 spiro atoms. The Kier molecular flexibility index (Phi) is 4.27. The van der Waals surface area contributed by atoms with Gasteiger partial charge in [-0.25, -0.2) is 4.79 Å². The quantitative estimate of drug-likeness (QED) is 0.701. The molecule has 1 aromatic rings. The minimum Gasteiger partial charge on any atom is -0.465 e. The van der Waals surface area contributed by atoms with Gasteiger partial charge in [0.15, 0.2) is 0 Å². The molecule has 1 unspecified atom stereocenters. The molecule has 0 aromatic heterocycles. The molecular weight excluding hydrogens is 194 g/mol. The van der Waals surface area contributed by atoms with Crippen LogP contribution in [0.15, 0.2) is 24.3 Å². The molecule has 0 aliphatic rings. The molecule has 1 aromatic carbocycles. The second-order valence-corrected chi connectivity index (χ2v) is 3.24. The van der Waals surface area contributed by atoms with Crippen molar-refractivity contribution in [1.82, 2.24) is 0 Å². The van der Waals surface area contributed by atoms with Gasteiger partial charge < -0.3 is 15.6 Å². The normalized spacial score (nSPS) is 12.2. The summed E-state index contributed by atoms with van der Waals surface area (Å²) < 4.78 is 4.64. The topological polar surface area (TPSA) is 72.5 Å². The lowest BCUT2D eigenvalue weighted by atomic mass is 10.0. The monoisotopic (exact) mass is 209 g/mol. The summed E-state index contributed by atoms with van der Waals surface area (Å²) in [6.07, 6.45) is -0.266. The first-order valence-corrected chi connectivity index (χ1v) is 4.73. The van der Waals surface area contributed by atoms with E-state index >= 15 is 0 Å². The Morgan fingerprint density at radius 1 is 1.53 bits per heavy atom.